The third-order valence-electron chi connectivity index (χ3n) is 6.09. The number of fused-ring (bicyclic) bond motifs is 3. The fraction of sp³-hybridized carbons (Fsp3) is 0.200. The Hall–Kier alpha value is -3.91. The number of rotatable bonds is 0. The number of anilines is 3. The van der Waals surface area contributed by atoms with Crippen LogP contribution >= 0.6 is 0 Å². The average molecular weight is 556 g/mol. The summed E-state index contributed by atoms with van der Waals surface area (Å²) in [5.41, 5.74) is 0.0891. The van der Waals surface area contributed by atoms with Crippen LogP contribution in [0.15, 0.2) is 72.8 Å². The van der Waals surface area contributed by atoms with Crippen LogP contribution in [0.25, 0.3) is 18.2 Å². The molecule has 0 spiro atoms. The van der Waals surface area contributed by atoms with E-state index in [0.717, 1.165) is 16.7 Å². The van der Waals surface area contributed by atoms with E-state index in [-0.39, 0.29) is 34.6 Å². The summed E-state index contributed by atoms with van der Waals surface area (Å²) in [4.78, 5) is 0. The van der Waals surface area contributed by atoms with Gasteiger partial charge in [0.2, 0.25) is 0 Å². The number of phenolic OH excluding ortho intramolecular Hbond substituents is 3. The first-order valence-electron chi connectivity index (χ1n) is 12.2. The van der Waals surface area contributed by atoms with Crippen LogP contribution < -0.4 is 31.3 Å². The van der Waals surface area contributed by atoms with Gasteiger partial charge in [-0.05, 0) is 35.4 Å². The van der Waals surface area contributed by atoms with Crippen molar-refractivity contribution in [2.45, 2.75) is 37.9 Å². The molecule has 6 N–H and O–H groups in total. The summed E-state index contributed by atoms with van der Waals surface area (Å²) in [7, 11) is 0. The third kappa shape index (κ3) is 7.39. The van der Waals surface area contributed by atoms with Crippen LogP contribution in [0.1, 0.15) is 37.5 Å². The van der Waals surface area contributed by atoms with Crippen molar-refractivity contribution >= 4 is 52.7 Å². The summed E-state index contributed by atoms with van der Waals surface area (Å²) in [6.45, 7) is 4.54. The van der Waals surface area contributed by atoms with Gasteiger partial charge in [-0.15, -0.1) is 0 Å². The second-order valence-electron chi connectivity index (χ2n) is 9.92. The van der Waals surface area contributed by atoms with Crippen LogP contribution in [0.3, 0.4) is 0 Å². The first-order chi connectivity index (χ1) is 18.3. The van der Waals surface area contributed by atoms with Gasteiger partial charge in [-0.1, -0.05) is 93.6 Å². The molecule has 40 heavy (non-hydrogen) atoms. The van der Waals surface area contributed by atoms with E-state index in [1.54, 1.807) is 54.6 Å². The topological polar surface area (TPSA) is 166 Å². The summed E-state index contributed by atoms with van der Waals surface area (Å²) >= 11 is 0. The van der Waals surface area contributed by atoms with Crippen LogP contribution in [-0.2, 0) is 0 Å². The minimum Gasteiger partial charge on any atom is -0.831 e. The second kappa shape index (κ2) is 11.7. The molecule has 6 rings (SSSR count). The van der Waals surface area contributed by atoms with Gasteiger partial charge in [-0.3, -0.25) is 0 Å². The smallest absolute Gasteiger partial charge is 0.831 e. The maximum absolute atomic E-state index is 11.5. The van der Waals surface area contributed by atoms with Crippen molar-refractivity contribution in [1.82, 2.24) is 0 Å². The molecule has 0 aliphatic carbocycles. The summed E-state index contributed by atoms with van der Waals surface area (Å²) in [5.74, 6) is 0.344. The number of benzene rings is 3. The number of aromatic hydroxyl groups is 3. The van der Waals surface area contributed by atoms with Gasteiger partial charge in [-0.2, -0.15) is 0 Å². The van der Waals surface area contributed by atoms with E-state index in [1.165, 1.54) is 39.0 Å². The third-order valence-corrected chi connectivity index (χ3v) is 6.09. The minimum absolute atomic E-state index is 0. The van der Waals surface area contributed by atoms with E-state index in [9.17, 15) is 30.6 Å². The molecule has 0 saturated carbocycles. The van der Waals surface area contributed by atoms with Crippen LogP contribution in [0, 0.1) is 0 Å². The molecule has 3 aliphatic rings. The Labute approximate surface area is 243 Å². The molecule has 3 aromatic carbocycles. The van der Waals surface area contributed by atoms with Crippen molar-refractivity contribution in [1.29, 1.82) is 0 Å². The molecule has 3 heterocycles. The standard InChI is InChI=1S/3C10H10NO2.Al/c3*1-10(13)6-5-7-3-2-4-8(12)9(7)11-10;/h3*2-6,11-12H,1H3;/q3*-1;+3. The van der Waals surface area contributed by atoms with E-state index >= 15 is 0 Å². The number of nitrogens with one attached hydrogen (secondary N) is 3. The average Bonchev–Trinajstić information content (AvgIpc) is 2.86. The molecular weight excluding hydrogens is 525 g/mol. The van der Waals surface area contributed by atoms with E-state index in [4.69, 9.17) is 0 Å². The molecule has 10 heteroatoms. The predicted molar refractivity (Wildman–Crippen MR) is 153 cm³/mol. The molecule has 0 bridgehead atoms. The van der Waals surface area contributed by atoms with E-state index in [1.807, 2.05) is 18.2 Å². The zero-order chi connectivity index (χ0) is 28.4. The molecule has 3 atom stereocenters. The van der Waals surface area contributed by atoms with Gasteiger partial charge >= 0.3 is 17.4 Å². The molecule has 3 aliphatic heterocycles. The fourth-order valence-electron chi connectivity index (χ4n) is 4.11. The zero-order valence-electron chi connectivity index (χ0n) is 22.3. The van der Waals surface area contributed by atoms with Gasteiger partial charge in [0, 0.05) is 16.7 Å². The zero-order valence-corrected chi connectivity index (χ0v) is 23.5. The van der Waals surface area contributed by atoms with Crippen LogP contribution in [-0.4, -0.2) is 49.9 Å². The first-order valence-corrected chi connectivity index (χ1v) is 12.2. The molecule has 3 aromatic rings. The quantitative estimate of drug-likeness (QED) is 0.180. The van der Waals surface area contributed by atoms with Gasteiger partial charge in [0.05, 0.1) is 17.1 Å². The predicted octanol–water partition coefficient (Wildman–Crippen LogP) is 2.34. The Bertz CT molecular complexity index is 1290. The Balaban J connectivity index is 0.000000163. The second-order valence-corrected chi connectivity index (χ2v) is 9.92. The molecule has 0 amide bonds. The molecular formula is C30H30AlN3O6. The number of hydrogen-bond acceptors (Lipinski definition) is 9. The molecule has 0 radical (unpaired) electrons. The van der Waals surface area contributed by atoms with Crippen molar-refractivity contribution < 1.29 is 30.6 Å². The number of phenols is 3. The Kier molecular flexibility index (Phi) is 8.94. The summed E-state index contributed by atoms with van der Waals surface area (Å²) in [6, 6.07) is 15.4. The maximum Gasteiger partial charge on any atom is 3.00 e. The van der Waals surface area contributed by atoms with Gasteiger partial charge in [0.25, 0.3) is 0 Å². The molecule has 0 fully saturated rings. The maximum atomic E-state index is 11.5. The van der Waals surface area contributed by atoms with E-state index in [2.05, 4.69) is 16.0 Å². The monoisotopic (exact) mass is 555 g/mol. The Morgan fingerprint density at radius 3 is 1.00 bits per heavy atom. The summed E-state index contributed by atoms with van der Waals surface area (Å²) in [5, 5.41) is 71.1. The molecule has 0 aromatic heterocycles. The minimum atomic E-state index is -1.33. The first kappa shape index (κ1) is 30.6. The van der Waals surface area contributed by atoms with Crippen molar-refractivity contribution in [3.8, 4) is 17.2 Å². The fourth-order valence-corrected chi connectivity index (χ4v) is 4.11. The molecule has 3 unspecified atom stereocenters. The number of para-hydroxylation sites is 3. The van der Waals surface area contributed by atoms with Crippen molar-refractivity contribution in [3.05, 3.63) is 89.5 Å². The van der Waals surface area contributed by atoms with Gasteiger partial charge < -0.3 is 46.6 Å². The van der Waals surface area contributed by atoms with Crippen molar-refractivity contribution in [2.75, 3.05) is 16.0 Å². The molecule has 0 saturated heterocycles. The largest absolute Gasteiger partial charge is 3.00 e. The van der Waals surface area contributed by atoms with Crippen LogP contribution in [0.4, 0.5) is 17.1 Å². The normalized spacial score (nSPS) is 24.4. The van der Waals surface area contributed by atoms with E-state index in [0.29, 0.717) is 17.1 Å². The Morgan fingerprint density at radius 2 is 0.750 bits per heavy atom. The SMILES string of the molecule is CC1([O-])C=Cc2cccc(O)c2N1.CC1([O-])C=Cc2cccc(O)c2N1.CC1([O-])C=Cc2cccc(O)c2N1.[Al+3]. The summed E-state index contributed by atoms with van der Waals surface area (Å²) < 4.78 is 0. The van der Waals surface area contributed by atoms with Gasteiger partial charge in [0.15, 0.2) is 0 Å². The molecule has 204 valence electrons. The number of hydrogen-bond donors (Lipinski definition) is 6. The van der Waals surface area contributed by atoms with Gasteiger partial charge in [0.1, 0.15) is 17.2 Å². The van der Waals surface area contributed by atoms with Gasteiger partial charge in [-0.25, -0.2) is 0 Å². The summed E-state index contributed by atoms with van der Waals surface area (Å²) in [6.07, 6.45) is 9.77. The van der Waals surface area contributed by atoms with Crippen LogP contribution in [0.5, 0.6) is 17.2 Å². The van der Waals surface area contributed by atoms with Crippen LogP contribution in [0.2, 0.25) is 0 Å². The van der Waals surface area contributed by atoms with Crippen molar-refractivity contribution in [2.24, 2.45) is 0 Å². The molecule has 9 nitrogen and oxygen atoms in total. The van der Waals surface area contributed by atoms with Crippen molar-refractivity contribution in [3.63, 3.8) is 0 Å². The Morgan fingerprint density at radius 1 is 0.500 bits per heavy atom. The van der Waals surface area contributed by atoms with E-state index < -0.39 is 17.2 Å².